The fourth-order valence-corrected chi connectivity index (χ4v) is 1.48. The van der Waals surface area contributed by atoms with Crippen LogP contribution in [-0.2, 0) is 0 Å². The second-order valence-corrected chi connectivity index (χ2v) is 4.60. The maximum atomic E-state index is 4.35. The summed E-state index contributed by atoms with van der Waals surface area (Å²) in [5.74, 6) is 2.58. The Hall–Kier alpha value is -1.32. The molecule has 0 spiro atoms. The number of hydrogen-bond donors (Lipinski definition) is 2. The first-order valence-corrected chi connectivity index (χ1v) is 5.39. The molecule has 15 heavy (non-hydrogen) atoms. The molecule has 0 saturated heterocycles. The van der Waals surface area contributed by atoms with E-state index in [0.717, 1.165) is 24.0 Å². The Morgan fingerprint density at radius 3 is 2.60 bits per heavy atom. The van der Waals surface area contributed by atoms with Crippen molar-refractivity contribution in [2.75, 3.05) is 24.2 Å². The smallest absolute Gasteiger partial charge is 0.131 e. The van der Waals surface area contributed by atoms with Crippen LogP contribution in [0.2, 0.25) is 0 Å². The Bertz CT molecular complexity index is 358. The average molecular weight is 206 g/mol. The second-order valence-electron chi connectivity index (χ2n) is 4.60. The zero-order valence-corrected chi connectivity index (χ0v) is 9.59. The molecule has 2 rings (SSSR count). The van der Waals surface area contributed by atoms with Crippen molar-refractivity contribution in [3.63, 3.8) is 0 Å². The van der Waals surface area contributed by atoms with Crippen LogP contribution in [0.25, 0.3) is 0 Å². The molecule has 2 N–H and O–H groups in total. The van der Waals surface area contributed by atoms with E-state index in [1.54, 1.807) is 0 Å². The van der Waals surface area contributed by atoms with Crippen molar-refractivity contribution in [1.82, 2.24) is 9.97 Å². The third-order valence-electron chi connectivity index (χ3n) is 2.89. The molecule has 0 unspecified atom stereocenters. The van der Waals surface area contributed by atoms with E-state index in [0.29, 0.717) is 5.41 Å². The SMILES string of the molecule is CNc1cc(NCC2(C)CC2)nc(C)n1. The molecular formula is C11H18N4. The van der Waals surface area contributed by atoms with Crippen molar-refractivity contribution in [2.45, 2.75) is 26.7 Å². The van der Waals surface area contributed by atoms with Crippen molar-refractivity contribution >= 4 is 11.6 Å². The fraction of sp³-hybridized carbons (Fsp3) is 0.636. The monoisotopic (exact) mass is 206 g/mol. The largest absolute Gasteiger partial charge is 0.373 e. The summed E-state index contributed by atoms with van der Waals surface area (Å²) < 4.78 is 0. The summed E-state index contributed by atoms with van der Waals surface area (Å²) in [6.07, 6.45) is 2.64. The second kappa shape index (κ2) is 3.68. The first kappa shape index (κ1) is 10.2. The molecular weight excluding hydrogens is 188 g/mol. The number of aryl methyl sites for hydroxylation is 1. The third-order valence-corrected chi connectivity index (χ3v) is 2.89. The summed E-state index contributed by atoms with van der Waals surface area (Å²) in [4.78, 5) is 8.60. The average Bonchev–Trinajstić information content (AvgIpc) is 2.94. The predicted molar refractivity (Wildman–Crippen MR) is 62.1 cm³/mol. The quantitative estimate of drug-likeness (QED) is 0.791. The zero-order valence-electron chi connectivity index (χ0n) is 9.59. The molecule has 0 atom stereocenters. The van der Waals surface area contributed by atoms with Crippen LogP contribution in [0.3, 0.4) is 0 Å². The molecule has 82 valence electrons. The molecule has 1 heterocycles. The van der Waals surface area contributed by atoms with Crippen molar-refractivity contribution in [1.29, 1.82) is 0 Å². The number of aromatic nitrogens is 2. The Labute approximate surface area is 90.5 Å². The standard InChI is InChI=1S/C11H18N4/c1-8-14-9(12-3)6-10(15-8)13-7-11(2)4-5-11/h6H,4-5,7H2,1-3H3,(H2,12,13,14,15). The zero-order chi connectivity index (χ0) is 10.9. The highest BCUT2D eigenvalue weighted by atomic mass is 15.1. The van der Waals surface area contributed by atoms with Crippen LogP contribution in [0.4, 0.5) is 11.6 Å². The summed E-state index contributed by atoms with van der Waals surface area (Å²) in [6.45, 7) is 5.21. The molecule has 1 aromatic rings. The Kier molecular flexibility index (Phi) is 2.50. The molecule has 4 heteroatoms. The van der Waals surface area contributed by atoms with Crippen LogP contribution in [0.15, 0.2) is 6.07 Å². The van der Waals surface area contributed by atoms with E-state index in [-0.39, 0.29) is 0 Å². The van der Waals surface area contributed by atoms with Gasteiger partial charge >= 0.3 is 0 Å². The van der Waals surface area contributed by atoms with Crippen molar-refractivity contribution in [3.8, 4) is 0 Å². The number of nitrogens with zero attached hydrogens (tertiary/aromatic N) is 2. The van der Waals surface area contributed by atoms with Gasteiger partial charge in [-0.3, -0.25) is 0 Å². The van der Waals surface area contributed by atoms with Gasteiger partial charge in [0.2, 0.25) is 0 Å². The first-order valence-electron chi connectivity index (χ1n) is 5.39. The maximum Gasteiger partial charge on any atom is 0.131 e. The van der Waals surface area contributed by atoms with Gasteiger partial charge in [-0.05, 0) is 25.2 Å². The molecule has 0 radical (unpaired) electrons. The molecule has 4 nitrogen and oxygen atoms in total. The lowest BCUT2D eigenvalue weighted by Gasteiger charge is -2.11. The molecule has 0 bridgehead atoms. The van der Waals surface area contributed by atoms with E-state index in [1.165, 1.54) is 12.8 Å². The van der Waals surface area contributed by atoms with Gasteiger partial charge in [0.05, 0.1) is 0 Å². The van der Waals surface area contributed by atoms with Crippen molar-refractivity contribution in [2.24, 2.45) is 5.41 Å². The summed E-state index contributed by atoms with van der Waals surface area (Å²) in [5.41, 5.74) is 0.499. The number of anilines is 2. The lowest BCUT2D eigenvalue weighted by Crippen LogP contribution is -2.13. The molecule has 1 saturated carbocycles. The van der Waals surface area contributed by atoms with Crippen LogP contribution in [0.1, 0.15) is 25.6 Å². The summed E-state index contributed by atoms with van der Waals surface area (Å²) in [7, 11) is 1.87. The lowest BCUT2D eigenvalue weighted by atomic mass is 10.1. The maximum absolute atomic E-state index is 4.35. The minimum Gasteiger partial charge on any atom is -0.373 e. The van der Waals surface area contributed by atoms with Gasteiger partial charge in [-0.15, -0.1) is 0 Å². The van der Waals surface area contributed by atoms with Crippen molar-refractivity contribution in [3.05, 3.63) is 11.9 Å². The topological polar surface area (TPSA) is 49.8 Å². The van der Waals surface area contributed by atoms with E-state index >= 15 is 0 Å². The van der Waals surface area contributed by atoms with Crippen LogP contribution in [0.5, 0.6) is 0 Å². The molecule has 1 aromatic heterocycles. The Morgan fingerprint density at radius 2 is 2.00 bits per heavy atom. The van der Waals surface area contributed by atoms with Crippen LogP contribution in [0, 0.1) is 12.3 Å². The first-order chi connectivity index (χ1) is 7.11. The highest BCUT2D eigenvalue weighted by Crippen LogP contribution is 2.44. The van der Waals surface area contributed by atoms with Gasteiger partial charge in [0.25, 0.3) is 0 Å². The van der Waals surface area contributed by atoms with Crippen LogP contribution < -0.4 is 10.6 Å². The highest BCUT2D eigenvalue weighted by Gasteiger charge is 2.36. The Morgan fingerprint density at radius 1 is 1.33 bits per heavy atom. The minimum atomic E-state index is 0.499. The van der Waals surface area contributed by atoms with Crippen LogP contribution >= 0.6 is 0 Å². The molecule has 1 aliphatic rings. The van der Waals surface area contributed by atoms with E-state index in [4.69, 9.17) is 0 Å². The van der Waals surface area contributed by atoms with Gasteiger partial charge in [0, 0.05) is 19.7 Å². The van der Waals surface area contributed by atoms with Crippen LogP contribution in [-0.4, -0.2) is 23.6 Å². The predicted octanol–water partition coefficient (Wildman–Crippen LogP) is 2.04. The van der Waals surface area contributed by atoms with Gasteiger partial charge in [0.15, 0.2) is 0 Å². The van der Waals surface area contributed by atoms with Gasteiger partial charge < -0.3 is 10.6 Å². The summed E-state index contributed by atoms with van der Waals surface area (Å²) in [5, 5.41) is 6.40. The normalized spacial score (nSPS) is 17.3. The van der Waals surface area contributed by atoms with E-state index in [2.05, 4.69) is 27.5 Å². The summed E-state index contributed by atoms with van der Waals surface area (Å²) >= 11 is 0. The van der Waals surface area contributed by atoms with E-state index in [1.807, 2.05) is 20.0 Å². The van der Waals surface area contributed by atoms with Gasteiger partial charge in [-0.1, -0.05) is 6.92 Å². The van der Waals surface area contributed by atoms with Gasteiger partial charge in [-0.2, -0.15) is 0 Å². The van der Waals surface area contributed by atoms with E-state index in [9.17, 15) is 0 Å². The molecule has 0 aromatic carbocycles. The molecule has 0 amide bonds. The van der Waals surface area contributed by atoms with Gasteiger partial charge in [-0.25, -0.2) is 9.97 Å². The lowest BCUT2D eigenvalue weighted by molar-refractivity contribution is 0.609. The number of rotatable bonds is 4. The van der Waals surface area contributed by atoms with Gasteiger partial charge in [0.1, 0.15) is 17.5 Å². The third kappa shape index (κ3) is 2.58. The van der Waals surface area contributed by atoms with E-state index < -0.39 is 0 Å². The minimum absolute atomic E-state index is 0.499. The van der Waals surface area contributed by atoms with Crippen molar-refractivity contribution < 1.29 is 0 Å². The Balaban J connectivity index is 2.03. The molecule has 1 aliphatic carbocycles. The number of hydrogen-bond acceptors (Lipinski definition) is 4. The molecule has 0 aliphatic heterocycles. The summed E-state index contributed by atoms with van der Waals surface area (Å²) in [6, 6.07) is 1.94. The fourth-order valence-electron chi connectivity index (χ4n) is 1.48. The number of nitrogens with one attached hydrogen (secondary N) is 2. The molecule has 1 fully saturated rings. The highest BCUT2D eigenvalue weighted by molar-refractivity contribution is 5.47.